The molecule has 0 aliphatic heterocycles. The van der Waals surface area contributed by atoms with Gasteiger partial charge in [0.15, 0.2) is 12.4 Å². The van der Waals surface area contributed by atoms with E-state index in [1.807, 2.05) is 54.6 Å². The molecule has 0 saturated carbocycles. The van der Waals surface area contributed by atoms with Crippen LogP contribution >= 0.6 is 23.2 Å². The number of amides is 1. The Kier molecular flexibility index (Phi) is 9.49. The first-order chi connectivity index (χ1) is 23.0. The number of hydrogen-bond acceptors (Lipinski definition) is 5. The van der Waals surface area contributed by atoms with Gasteiger partial charge in [0.1, 0.15) is 0 Å². The Labute approximate surface area is 289 Å². The number of carbonyl (C=O) groups excluding carboxylic acids is 3. The molecule has 1 amide bonds. The lowest BCUT2D eigenvalue weighted by Gasteiger charge is -2.36. The van der Waals surface area contributed by atoms with Gasteiger partial charge >= 0.3 is 5.97 Å². The Morgan fingerprint density at radius 2 is 1.56 bits per heavy atom. The van der Waals surface area contributed by atoms with Crippen molar-refractivity contribution in [1.82, 2.24) is 4.98 Å². The SMILES string of the molecule is CC(C)(C)[C@H]1C/C(=C\c2ccc(Cl)cc2)c2nc3ccccc3c(C(=O)OCC(=O)Nc3ccc(Cl)cc3C(=O)c3ccccc3)c2C1. The summed E-state index contributed by atoms with van der Waals surface area (Å²) in [4.78, 5) is 45.5. The van der Waals surface area contributed by atoms with Crippen LogP contribution in [0.2, 0.25) is 10.0 Å². The van der Waals surface area contributed by atoms with E-state index in [1.165, 1.54) is 6.07 Å². The quantitative estimate of drug-likeness (QED) is 0.137. The number of ketones is 1. The molecule has 0 radical (unpaired) electrons. The number of halogens is 2. The van der Waals surface area contributed by atoms with E-state index < -0.39 is 18.5 Å². The van der Waals surface area contributed by atoms with E-state index in [9.17, 15) is 14.4 Å². The van der Waals surface area contributed by atoms with Crippen molar-refractivity contribution in [3.05, 3.63) is 141 Å². The van der Waals surface area contributed by atoms with Crippen LogP contribution in [0, 0.1) is 11.3 Å². The number of benzene rings is 4. The molecule has 8 heteroatoms. The standard InChI is InChI=1S/C40H34Cl2N2O4/c1-40(2,3)27-20-26(19-24-13-15-28(41)16-14-24)37-32(21-27)36(30-11-7-8-12-33(30)44-37)39(47)48-23-35(45)43-34-18-17-29(42)22-31(34)38(46)25-9-5-4-6-10-25/h4-19,22,27H,20-21,23H2,1-3H3,(H,43,45)/b26-19+/t27-/m0/s1. The van der Waals surface area contributed by atoms with Gasteiger partial charge in [-0.2, -0.15) is 0 Å². The first-order valence-electron chi connectivity index (χ1n) is 15.7. The van der Waals surface area contributed by atoms with Crippen molar-refractivity contribution in [1.29, 1.82) is 0 Å². The third-order valence-electron chi connectivity index (χ3n) is 8.72. The fourth-order valence-electron chi connectivity index (χ4n) is 6.08. The number of nitrogens with one attached hydrogen (secondary N) is 1. The predicted molar refractivity (Wildman–Crippen MR) is 193 cm³/mol. The molecular weight excluding hydrogens is 643 g/mol. The Bertz CT molecular complexity index is 2070. The molecule has 1 heterocycles. The molecule has 0 bridgehead atoms. The van der Waals surface area contributed by atoms with Gasteiger partial charge < -0.3 is 10.1 Å². The van der Waals surface area contributed by atoms with Crippen LogP contribution in [0.25, 0.3) is 22.6 Å². The molecule has 1 aliphatic rings. The molecule has 6 nitrogen and oxygen atoms in total. The second-order valence-electron chi connectivity index (χ2n) is 13.0. The molecule has 1 aliphatic carbocycles. The van der Waals surface area contributed by atoms with Crippen LogP contribution in [-0.2, 0) is 16.0 Å². The average Bonchev–Trinajstić information content (AvgIpc) is 3.07. The van der Waals surface area contributed by atoms with Gasteiger partial charge in [-0.25, -0.2) is 9.78 Å². The minimum absolute atomic E-state index is 0.0586. The van der Waals surface area contributed by atoms with Crippen molar-refractivity contribution < 1.29 is 19.1 Å². The maximum absolute atomic E-state index is 14.0. The zero-order valence-corrected chi connectivity index (χ0v) is 28.4. The highest BCUT2D eigenvalue weighted by atomic mass is 35.5. The molecule has 0 spiro atoms. The zero-order valence-electron chi connectivity index (χ0n) is 26.8. The van der Waals surface area contributed by atoms with Crippen molar-refractivity contribution in [2.45, 2.75) is 33.6 Å². The van der Waals surface area contributed by atoms with Crippen LogP contribution in [0.15, 0.2) is 97.1 Å². The normalized spacial score (nSPS) is 15.2. The predicted octanol–water partition coefficient (Wildman–Crippen LogP) is 9.72. The van der Waals surface area contributed by atoms with Crippen molar-refractivity contribution in [3.63, 3.8) is 0 Å². The van der Waals surface area contributed by atoms with Crippen LogP contribution in [0.3, 0.4) is 0 Å². The number of fused-ring (bicyclic) bond motifs is 2. The lowest BCUT2D eigenvalue weighted by Crippen LogP contribution is -2.29. The summed E-state index contributed by atoms with van der Waals surface area (Å²) in [7, 11) is 0. The molecule has 48 heavy (non-hydrogen) atoms. The molecule has 242 valence electrons. The van der Waals surface area contributed by atoms with Gasteiger partial charge in [0.05, 0.1) is 22.5 Å². The van der Waals surface area contributed by atoms with Gasteiger partial charge in [-0.1, -0.05) is 105 Å². The third kappa shape index (κ3) is 7.20. The average molecular weight is 678 g/mol. The van der Waals surface area contributed by atoms with Gasteiger partial charge in [-0.15, -0.1) is 0 Å². The monoisotopic (exact) mass is 676 g/mol. The number of allylic oxidation sites excluding steroid dienone is 1. The van der Waals surface area contributed by atoms with E-state index in [1.54, 1.807) is 36.4 Å². The largest absolute Gasteiger partial charge is 0.452 e. The summed E-state index contributed by atoms with van der Waals surface area (Å²) in [5.41, 5.74) is 5.53. The lowest BCUT2D eigenvalue weighted by molar-refractivity contribution is -0.119. The number of esters is 1. The summed E-state index contributed by atoms with van der Waals surface area (Å²) < 4.78 is 5.71. The summed E-state index contributed by atoms with van der Waals surface area (Å²) in [6.07, 6.45) is 3.52. The van der Waals surface area contributed by atoms with Crippen molar-refractivity contribution in [3.8, 4) is 0 Å². The van der Waals surface area contributed by atoms with Crippen molar-refractivity contribution in [2.75, 3.05) is 11.9 Å². The molecule has 0 unspecified atom stereocenters. The van der Waals surface area contributed by atoms with E-state index >= 15 is 0 Å². The Hall–Kier alpha value is -4.78. The first-order valence-corrected chi connectivity index (χ1v) is 16.5. The maximum atomic E-state index is 14.0. The first kappa shape index (κ1) is 33.1. The molecule has 5 aromatic rings. The molecule has 0 saturated heterocycles. The summed E-state index contributed by atoms with van der Waals surface area (Å²) in [5.74, 6) is -1.28. The fourth-order valence-corrected chi connectivity index (χ4v) is 6.38. The Morgan fingerprint density at radius 1 is 0.875 bits per heavy atom. The second kappa shape index (κ2) is 13.8. The minimum Gasteiger partial charge on any atom is -0.452 e. The van der Waals surface area contributed by atoms with Crippen molar-refractivity contribution >= 4 is 69.1 Å². The fraction of sp³-hybridized carbons (Fsp3) is 0.200. The maximum Gasteiger partial charge on any atom is 0.339 e. The Balaban J connectivity index is 1.32. The zero-order chi connectivity index (χ0) is 34.0. The number of ether oxygens (including phenoxy) is 1. The third-order valence-corrected chi connectivity index (χ3v) is 9.21. The molecule has 1 atom stereocenters. The molecular formula is C40H34Cl2N2O4. The van der Waals surface area contributed by atoms with Gasteiger partial charge in [0.2, 0.25) is 0 Å². The molecule has 1 aromatic heterocycles. The van der Waals surface area contributed by atoms with E-state index in [2.05, 4.69) is 32.2 Å². The number of carbonyl (C=O) groups is 3. The highest BCUT2D eigenvalue weighted by molar-refractivity contribution is 6.31. The smallest absolute Gasteiger partial charge is 0.339 e. The molecule has 4 aromatic carbocycles. The molecule has 1 N–H and O–H groups in total. The number of rotatable bonds is 7. The highest BCUT2D eigenvalue weighted by Crippen LogP contribution is 2.45. The second-order valence-corrected chi connectivity index (χ2v) is 13.9. The minimum atomic E-state index is -0.614. The van der Waals surface area contributed by atoms with Gasteiger partial charge in [0.25, 0.3) is 5.91 Å². The molecule has 6 rings (SSSR count). The topological polar surface area (TPSA) is 85.4 Å². The van der Waals surface area contributed by atoms with E-state index in [4.69, 9.17) is 32.9 Å². The summed E-state index contributed by atoms with van der Waals surface area (Å²) >= 11 is 12.4. The lowest BCUT2D eigenvalue weighted by atomic mass is 9.69. The number of aromatic nitrogens is 1. The summed E-state index contributed by atoms with van der Waals surface area (Å²) in [5, 5.41) is 4.40. The van der Waals surface area contributed by atoms with Crippen LogP contribution in [0.5, 0.6) is 0 Å². The van der Waals surface area contributed by atoms with E-state index in [-0.39, 0.29) is 28.4 Å². The highest BCUT2D eigenvalue weighted by Gasteiger charge is 2.35. The number of pyridine rings is 1. The summed E-state index contributed by atoms with van der Waals surface area (Å²) in [6.45, 7) is 6.05. The Morgan fingerprint density at radius 3 is 2.29 bits per heavy atom. The van der Waals surface area contributed by atoms with Crippen LogP contribution < -0.4 is 5.32 Å². The van der Waals surface area contributed by atoms with Crippen LogP contribution in [0.4, 0.5) is 5.69 Å². The van der Waals surface area contributed by atoms with Crippen LogP contribution in [-0.4, -0.2) is 29.3 Å². The van der Waals surface area contributed by atoms with Gasteiger partial charge in [-0.3, -0.25) is 9.59 Å². The van der Waals surface area contributed by atoms with Gasteiger partial charge in [0, 0.05) is 26.6 Å². The van der Waals surface area contributed by atoms with E-state index in [0.29, 0.717) is 38.5 Å². The number of anilines is 1. The number of hydrogen-bond donors (Lipinski definition) is 1. The summed E-state index contributed by atoms with van der Waals surface area (Å²) in [6, 6.07) is 28.5. The van der Waals surface area contributed by atoms with E-state index in [0.717, 1.165) is 28.8 Å². The van der Waals surface area contributed by atoms with Gasteiger partial charge in [-0.05, 0) is 83.3 Å². The number of para-hydroxylation sites is 1. The number of nitrogens with zero attached hydrogens (tertiary/aromatic N) is 1. The van der Waals surface area contributed by atoms with Crippen LogP contribution in [0.1, 0.15) is 70.3 Å². The molecule has 0 fully saturated rings. The van der Waals surface area contributed by atoms with Crippen molar-refractivity contribution in [2.24, 2.45) is 11.3 Å².